The van der Waals surface area contributed by atoms with E-state index in [-0.39, 0.29) is 42.3 Å². The third-order valence-electron chi connectivity index (χ3n) is 12.7. The topological polar surface area (TPSA) is 99.1 Å². The first-order valence-electron chi connectivity index (χ1n) is 20.6. The number of allylic oxidation sites excluding steroid dienone is 16. The predicted octanol–water partition coefficient (Wildman–Crippen LogP) is 9.75. The van der Waals surface area contributed by atoms with Gasteiger partial charge < -0.3 is 19.3 Å². The number of Topliss-reactive ketones (excluding diaryl/α,β-unsaturated/α-hetero) is 1. The predicted molar refractivity (Wildman–Crippen MR) is 214 cm³/mol. The third kappa shape index (κ3) is 9.17. The van der Waals surface area contributed by atoms with Gasteiger partial charge in [-0.1, -0.05) is 119 Å². The number of carbonyl (C=O) groups excluding carboxylic acids is 3. The summed E-state index contributed by atoms with van der Waals surface area (Å²) in [7, 11) is 0. The maximum atomic E-state index is 14.4. The normalized spacial score (nSPS) is 34.8. The largest absolute Gasteiger partial charge is 0.458 e. The third-order valence-corrected chi connectivity index (χ3v) is 12.7. The van der Waals surface area contributed by atoms with Crippen molar-refractivity contribution in [2.45, 2.75) is 142 Å². The number of aliphatic hydroxyl groups excluding tert-OH is 1. The molecule has 1 aliphatic heterocycles. The van der Waals surface area contributed by atoms with Crippen LogP contribution in [0.3, 0.4) is 0 Å². The van der Waals surface area contributed by atoms with Crippen molar-refractivity contribution in [3.05, 3.63) is 96.7 Å². The fourth-order valence-electron chi connectivity index (χ4n) is 10.2. The van der Waals surface area contributed by atoms with Crippen LogP contribution in [0.15, 0.2) is 96.7 Å². The maximum Gasteiger partial charge on any atom is 0.306 e. The second kappa shape index (κ2) is 19.5. The van der Waals surface area contributed by atoms with Gasteiger partial charge in [-0.25, -0.2) is 0 Å². The highest BCUT2D eigenvalue weighted by molar-refractivity contribution is 6.01. The van der Waals surface area contributed by atoms with E-state index in [9.17, 15) is 19.5 Å². The summed E-state index contributed by atoms with van der Waals surface area (Å²) in [4.78, 5) is 39.4. The number of aliphatic hydroxyl groups is 1. The highest BCUT2D eigenvalue weighted by Gasteiger charge is 2.75. The van der Waals surface area contributed by atoms with Gasteiger partial charge >= 0.3 is 5.97 Å². The Labute approximate surface area is 324 Å². The molecule has 1 saturated heterocycles. The molecule has 1 heterocycles. The fraction of sp³-hybridized carbons (Fsp3) is 0.596. The molecule has 5 rings (SSSR count). The van der Waals surface area contributed by atoms with Gasteiger partial charge in [-0.15, -0.1) is 0 Å². The molecule has 4 fully saturated rings. The van der Waals surface area contributed by atoms with Crippen LogP contribution >= 0.6 is 0 Å². The molecular weight excluding hydrogens is 677 g/mol. The highest BCUT2D eigenvalue weighted by atomic mass is 16.7. The van der Waals surface area contributed by atoms with E-state index in [0.717, 1.165) is 63.4 Å². The highest BCUT2D eigenvalue weighted by Crippen LogP contribution is 2.69. The van der Waals surface area contributed by atoms with Crippen LogP contribution in [0.4, 0.5) is 0 Å². The molecule has 5 aliphatic rings. The van der Waals surface area contributed by atoms with Crippen molar-refractivity contribution < 1.29 is 33.7 Å². The molecule has 0 aromatic heterocycles. The minimum absolute atomic E-state index is 0.00619. The van der Waals surface area contributed by atoms with E-state index in [4.69, 9.17) is 14.2 Å². The number of rotatable bonds is 19. The van der Waals surface area contributed by atoms with Crippen LogP contribution in [0, 0.1) is 28.6 Å². The molecule has 0 amide bonds. The Morgan fingerprint density at radius 1 is 0.907 bits per heavy atom. The number of fused-ring (bicyclic) bond motifs is 7. The minimum atomic E-state index is -1.29. The fourth-order valence-corrected chi connectivity index (χ4v) is 10.2. The van der Waals surface area contributed by atoms with Gasteiger partial charge in [-0.05, 0) is 101 Å². The maximum absolute atomic E-state index is 14.4. The van der Waals surface area contributed by atoms with Gasteiger partial charge in [0.15, 0.2) is 24.3 Å². The monoisotopic (exact) mass is 740 g/mol. The van der Waals surface area contributed by atoms with Crippen molar-refractivity contribution in [1.82, 2.24) is 0 Å². The Morgan fingerprint density at radius 3 is 2.13 bits per heavy atom. The number of ether oxygens (including phenoxy) is 3. The second-order valence-corrected chi connectivity index (χ2v) is 16.2. The molecule has 0 radical (unpaired) electrons. The summed E-state index contributed by atoms with van der Waals surface area (Å²) in [5, 5.41) is 11.9. The first-order valence-corrected chi connectivity index (χ1v) is 20.6. The van der Waals surface area contributed by atoms with E-state index in [0.29, 0.717) is 25.7 Å². The molecule has 1 N–H and O–H groups in total. The standard InChI is InChI=1S/C47H64O7/c1-5-7-8-9-10-11-12-13-14-15-16-17-18-19-20-21-22-23-24-26-42(51)52-34-40(50)47-41(53-43(54-47)25-6-2)32-38-37-28-27-35-31-36(48)29-30-45(35,3)44(37)39(49)33-46(38,47)4/h7-8,10-11,13-14,16-17,19-20,22-23,29-31,37-39,41,43-44,49H,5-6,9,12,15,18,21,24-28,32-34H2,1-4H3/b8-7-,11-10-,14-13-,17-16-,20-19-,23-22-/t37?,38?,39?,41-,43?,44?,45+,46+,47-/m1/s1. The Morgan fingerprint density at radius 2 is 1.52 bits per heavy atom. The number of ketones is 2. The molecule has 5 unspecified atom stereocenters. The summed E-state index contributed by atoms with van der Waals surface area (Å²) in [6.45, 7) is 8.07. The quantitative estimate of drug-likeness (QED) is 0.104. The van der Waals surface area contributed by atoms with Crippen molar-refractivity contribution in [3.8, 4) is 0 Å². The molecule has 54 heavy (non-hydrogen) atoms. The second-order valence-electron chi connectivity index (χ2n) is 16.2. The molecule has 9 atom stereocenters. The van der Waals surface area contributed by atoms with Crippen molar-refractivity contribution in [2.75, 3.05) is 6.61 Å². The average molecular weight is 741 g/mol. The molecule has 294 valence electrons. The molecule has 0 spiro atoms. The van der Waals surface area contributed by atoms with Crippen LogP contribution in [0.5, 0.6) is 0 Å². The lowest BCUT2D eigenvalue weighted by molar-refractivity contribution is -0.201. The molecule has 4 aliphatic carbocycles. The number of hydrogen-bond acceptors (Lipinski definition) is 7. The minimum Gasteiger partial charge on any atom is -0.458 e. The van der Waals surface area contributed by atoms with Crippen molar-refractivity contribution in [1.29, 1.82) is 0 Å². The van der Waals surface area contributed by atoms with Crippen LogP contribution in [0.25, 0.3) is 0 Å². The van der Waals surface area contributed by atoms with E-state index in [1.165, 1.54) is 0 Å². The SMILES string of the molecule is CC/C=C\C/C=C\C/C=C\C/C=C\C/C=C\C/C=C\CCC(=O)OCC(=O)[C@@]12OC(CCC)O[C@@H]1CC1C3CCC4=CC(=O)C=C[C@]4(C)C3C(O)C[C@@]12C. The number of esters is 1. The van der Waals surface area contributed by atoms with Crippen molar-refractivity contribution in [2.24, 2.45) is 28.6 Å². The molecule has 0 aromatic carbocycles. The number of carbonyl (C=O) groups is 3. The summed E-state index contributed by atoms with van der Waals surface area (Å²) in [6, 6.07) is 0. The van der Waals surface area contributed by atoms with Crippen LogP contribution in [0.2, 0.25) is 0 Å². The van der Waals surface area contributed by atoms with Gasteiger partial charge in [0.2, 0.25) is 5.78 Å². The lowest BCUT2D eigenvalue weighted by Gasteiger charge is -2.59. The molecule has 7 nitrogen and oxygen atoms in total. The number of hydrogen-bond donors (Lipinski definition) is 1. The Hall–Kier alpha value is -3.39. The summed E-state index contributed by atoms with van der Waals surface area (Å²) < 4.78 is 18.8. The van der Waals surface area contributed by atoms with Gasteiger partial charge in [0.25, 0.3) is 0 Å². The lowest BCUT2D eigenvalue weighted by Crippen LogP contribution is -2.63. The molecular formula is C47H64O7. The molecule has 0 bridgehead atoms. The summed E-state index contributed by atoms with van der Waals surface area (Å²) >= 11 is 0. The molecule has 0 aromatic rings. The van der Waals surface area contributed by atoms with Crippen molar-refractivity contribution in [3.63, 3.8) is 0 Å². The lowest BCUT2D eigenvalue weighted by atomic mass is 9.46. The van der Waals surface area contributed by atoms with E-state index in [1.807, 2.05) is 18.2 Å². The van der Waals surface area contributed by atoms with E-state index in [1.54, 1.807) is 12.2 Å². The van der Waals surface area contributed by atoms with Crippen molar-refractivity contribution >= 4 is 17.5 Å². The first kappa shape index (κ1) is 41.8. The van der Waals surface area contributed by atoms with Gasteiger partial charge in [0.05, 0.1) is 12.2 Å². The van der Waals surface area contributed by atoms with Crippen LogP contribution < -0.4 is 0 Å². The summed E-state index contributed by atoms with van der Waals surface area (Å²) in [5.74, 6) is -0.530. The Balaban J connectivity index is 1.08. The Bertz CT molecular complexity index is 1560. The van der Waals surface area contributed by atoms with E-state index in [2.05, 4.69) is 88.5 Å². The van der Waals surface area contributed by atoms with Gasteiger partial charge in [0, 0.05) is 23.2 Å². The van der Waals surface area contributed by atoms with Gasteiger partial charge in [-0.2, -0.15) is 0 Å². The summed E-state index contributed by atoms with van der Waals surface area (Å²) in [5.41, 5.74) is -1.30. The Kier molecular flexibility index (Phi) is 15.1. The zero-order valence-electron chi connectivity index (χ0n) is 33.1. The van der Waals surface area contributed by atoms with Gasteiger partial charge in [0.1, 0.15) is 0 Å². The van der Waals surface area contributed by atoms with E-state index < -0.39 is 40.9 Å². The molecule has 7 heteroatoms. The van der Waals surface area contributed by atoms with E-state index >= 15 is 0 Å². The first-order chi connectivity index (χ1) is 26.1. The molecule has 3 saturated carbocycles. The van der Waals surface area contributed by atoms with Crippen LogP contribution in [0.1, 0.15) is 118 Å². The van der Waals surface area contributed by atoms with Crippen LogP contribution in [-0.2, 0) is 28.6 Å². The zero-order chi connectivity index (χ0) is 38.6. The smallest absolute Gasteiger partial charge is 0.306 e. The average Bonchev–Trinajstić information content (AvgIpc) is 3.63. The van der Waals surface area contributed by atoms with Crippen LogP contribution in [-0.4, -0.2) is 53.3 Å². The summed E-state index contributed by atoms with van der Waals surface area (Å²) in [6.07, 6.45) is 40.1. The zero-order valence-corrected chi connectivity index (χ0v) is 33.1. The van der Waals surface area contributed by atoms with Gasteiger partial charge in [-0.3, -0.25) is 14.4 Å².